The Morgan fingerprint density at radius 2 is 2.04 bits per heavy atom. The highest BCUT2D eigenvalue weighted by Gasteiger charge is 2.25. The summed E-state index contributed by atoms with van der Waals surface area (Å²) in [5.74, 6) is 0.134. The van der Waals surface area contributed by atoms with E-state index in [0.29, 0.717) is 22.4 Å². The fraction of sp³-hybridized carbons (Fsp3) is 0.474. The number of aromatic nitrogens is 1. The van der Waals surface area contributed by atoms with Gasteiger partial charge in [0.15, 0.2) is 0 Å². The van der Waals surface area contributed by atoms with E-state index in [1.54, 1.807) is 12.1 Å². The molecule has 2 aromatic rings. The van der Waals surface area contributed by atoms with Gasteiger partial charge in [0.1, 0.15) is 5.75 Å². The van der Waals surface area contributed by atoms with Gasteiger partial charge in [-0.2, -0.15) is 8.78 Å². The number of pyridine rings is 1. The van der Waals surface area contributed by atoms with E-state index in [1.165, 1.54) is 18.3 Å². The van der Waals surface area contributed by atoms with E-state index in [2.05, 4.69) is 15.0 Å². The number of aliphatic hydroxyl groups excluding tert-OH is 1. The number of hydrogen-bond acceptors (Lipinski definition) is 4. The first kappa shape index (κ1) is 18.5. The van der Waals surface area contributed by atoms with Gasteiger partial charge in [-0.25, -0.2) is 0 Å². The molecule has 7 heteroatoms. The van der Waals surface area contributed by atoms with Crippen LogP contribution in [-0.2, 0) is 0 Å². The quantitative estimate of drug-likeness (QED) is 0.845. The topological polar surface area (TPSA) is 71.5 Å². The fourth-order valence-electron chi connectivity index (χ4n) is 3.42. The average molecular weight is 366 g/mol. The second-order valence-electron chi connectivity index (χ2n) is 6.78. The first-order chi connectivity index (χ1) is 12.4. The average Bonchev–Trinajstić information content (AvgIpc) is 2.61. The van der Waals surface area contributed by atoms with Crippen molar-refractivity contribution in [3.05, 3.63) is 36.0 Å². The zero-order valence-electron chi connectivity index (χ0n) is 14.5. The number of hydrogen-bond donors (Lipinski definition) is 2. The summed E-state index contributed by atoms with van der Waals surface area (Å²) in [6.07, 6.45) is 4.60. The zero-order valence-corrected chi connectivity index (χ0v) is 14.5. The van der Waals surface area contributed by atoms with Crippen molar-refractivity contribution in [3.63, 3.8) is 0 Å². The highest BCUT2D eigenvalue weighted by molar-refractivity contribution is 5.97. The molecule has 1 aliphatic carbocycles. The highest BCUT2D eigenvalue weighted by atomic mass is 19.3. The Kier molecular flexibility index (Phi) is 5.66. The molecule has 142 valence electrons. The number of alkyl halides is 2. The summed E-state index contributed by atoms with van der Waals surface area (Å²) in [6, 6.07) is 6.22. The van der Waals surface area contributed by atoms with Gasteiger partial charge in [0.25, 0.3) is 5.91 Å². The Balaban J connectivity index is 0.00000261. The van der Waals surface area contributed by atoms with Gasteiger partial charge >= 0.3 is 6.61 Å². The van der Waals surface area contributed by atoms with Crippen molar-refractivity contribution in [1.82, 2.24) is 10.3 Å². The lowest BCUT2D eigenvalue weighted by Gasteiger charge is -2.30. The number of fused-ring (bicyclic) bond motifs is 1. The Morgan fingerprint density at radius 1 is 1.31 bits per heavy atom. The fourth-order valence-corrected chi connectivity index (χ4v) is 3.42. The van der Waals surface area contributed by atoms with E-state index < -0.39 is 6.61 Å². The molecule has 2 N–H and O–H groups in total. The maximum atomic E-state index is 12.5. The van der Waals surface area contributed by atoms with Crippen LogP contribution in [0.15, 0.2) is 30.5 Å². The summed E-state index contributed by atoms with van der Waals surface area (Å²) in [5, 5.41) is 13.3. The van der Waals surface area contributed by atoms with Crippen molar-refractivity contribution in [3.8, 4) is 5.75 Å². The second-order valence-corrected chi connectivity index (χ2v) is 6.78. The van der Waals surface area contributed by atoms with Crippen molar-refractivity contribution in [2.24, 2.45) is 5.92 Å². The first-order valence-corrected chi connectivity index (χ1v) is 8.76. The van der Waals surface area contributed by atoms with Crippen molar-refractivity contribution >= 4 is 16.8 Å². The number of halogens is 2. The molecule has 0 aliphatic heterocycles. The third-order valence-corrected chi connectivity index (χ3v) is 4.93. The van der Waals surface area contributed by atoms with E-state index >= 15 is 0 Å². The van der Waals surface area contributed by atoms with Crippen LogP contribution in [0.5, 0.6) is 5.75 Å². The Labute approximate surface area is 151 Å². The van der Waals surface area contributed by atoms with Gasteiger partial charge in [-0.1, -0.05) is 0 Å². The SMILES string of the molecule is CC(O)C1CCC(NC(=O)c2cnc3cc(OC(F)F)ccc3c2)CC1.[HH]. The summed E-state index contributed by atoms with van der Waals surface area (Å²) in [6.45, 7) is -1.08. The number of rotatable bonds is 5. The number of carbonyl (C=O) groups excluding carboxylic acids is 1. The molecule has 5 nitrogen and oxygen atoms in total. The lowest BCUT2D eigenvalue weighted by Crippen LogP contribution is -2.39. The van der Waals surface area contributed by atoms with Crippen molar-refractivity contribution in [2.75, 3.05) is 0 Å². The smallest absolute Gasteiger partial charge is 0.387 e. The maximum Gasteiger partial charge on any atom is 0.387 e. The lowest BCUT2D eigenvalue weighted by atomic mass is 9.83. The molecule has 1 heterocycles. The number of amides is 1. The zero-order chi connectivity index (χ0) is 18.7. The van der Waals surface area contributed by atoms with Crippen LogP contribution < -0.4 is 10.1 Å². The molecule has 0 spiro atoms. The molecule has 1 aromatic carbocycles. The van der Waals surface area contributed by atoms with Crippen molar-refractivity contribution < 1.29 is 24.8 Å². The molecule has 1 aliphatic rings. The molecule has 1 saturated carbocycles. The minimum Gasteiger partial charge on any atom is -0.435 e. The molecule has 1 atom stereocenters. The van der Waals surface area contributed by atoms with Crippen LogP contribution >= 0.6 is 0 Å². The lowest BCUT2D eigenvalue weighted by molar-refractivity contribution is -0.0497. The predicted octanol–water partition coefficient (Wildman–Crippen LogP) is 3.75. The van der Waals surface area contributed by atoms with Crippen LogP contribution in [0.1, 0.15) is 44.4 Å². The third-order valence-electron chi connectivity index (χ3n) is 4.93. The molecule has 1 unspecified atom stereocenters. The van der Waals surface area contributed by atoms with Gasteiger partial charge in [-0.3, -0.25) is 9.78 Å². The number of benzene rings is 1. The summed E-state index contributed by atoms with van der Waals surface area (Å²) >= 11 is 0. The van der Waals surface area contributed by atoms with Crippen LogP contribution in [0.25, 0.3) is 10.9 Å². The van der Waals surface area contributed by atoms with Gasteiger partial charge in [-0.05, 0) is 56.7 Å². The van der Waals surface area contributed by atoms with Gasteiger partial charge < -0.3 is 15.2 Å². The van der Waals surface area contributed by atoms with E-state index in [4.69, 9.17) is 0 Å². The third kappa shape index (κ3) is 4.46. The molecule has 0 bridgehead atoms. The molecular formula is C19H24F2N2O3. The van der Waals surface area contributed by atoms with E-state index in [1.807, 2.05) is 6.92 Å². The maximum absolute atomic E-state index is 12.5. The van der Waals surface area contributed by atoms with Gasteiger partial charge in [0.2, 0.25) is 0 Å². The Morgan fingerprint density at radius 3 is 2.69 bits per heavy atom. The summed E-state index contributed by atoms with van der Waals surface area (Å²) in [7, 11) is 0. The van der Waals surface area contributed by atoms with Gasteiger partial charge in [-0.15, -0.1) is 0 Å². The van der Waals surface area contributed by atoms with Crippen LogP contribution in [0.4, 0.5) is 8.78 Å². The minimum atomic E-state index is -2.89. The first-order valence-electron chi connectivity index (χ1n) is 8.76. The van der Waals surface area contributed by atoms with E-state index in [-0.39, 0.29) is 25.2 Å². The van der Waals surface area contributed by atoms with Crippen molar-refractivity contribution in [2.45, 2.75) is 51.4 Å². The number of aliphatic hydroxyl groups is 1. The van der Waals surface area contributed by atoms with Crippen LogP contribution in [0.2, 0.25) is 0 Å². The molecule has 1 aromatic heterocycles. The number of carbonyl (C=O) groups is 1. The number of ether oxygens (including phenoxy) is 1. The standard InChI is InChI=1S/C19H22F2N2O3.H2/c1-11(24)12-2-5-15(6-3-12)23-18(25)14-8-13-4-7-16(26-19(20)21)9-17(13)22-10-14;/h4,7-12,15,19,24H,2-3,5-6H2,1H3,(H,23,25);1H. The second kappa shape index (κ2) is 7.95. The molecule has 1 amide bonds. The Hall–Kier alpha value is -2.28. The predicted molar refractivity (Wildman–Crippen MR) is 95.4 cm³/mol. The van der Waals surface area contributed by atoms with Crippen LogP contribution in [0.3, 0.4) is 0 Å². The summed E-state index contributed by atoms with van der Waals surface area (Å²) < 4.78 is 28.9. The number of nitrogens with one attached hydrogen (secondary N) is 1. The number of nitrogens with zero attached hydrogens (tertiary/aromatic N) is 1. The van der Waals surface area contributed by atoms with E-state index in [9.17, 15) is 18.7 Å². The highest BCUT2D eigenvalue weighted by Crippen LogP contribution is 2.27. The molecular weight excluding hydrogens is 342 g/mol. The molecule has 26 heavy (non-hydrogen) atoms. The summed E-state index contributed by atoms with van der Waals surface area (Å²) in [4.78, 5) is 16.6. The van der Waals surface area contributed by atoms with Crippen LogP contribution in [-0.4, -0.2) is 34.8 Å². The monoisotopic (exact) mass is 366 g/mol. The van der Waals surface area contributed by atoms with Crippen molar-refractivity contribution in [1.29, 1.82) is 0 Å². The Bertz CT molecular complexity index is 781. The van der Waals surface area contributed by atoms with Gasteiger partial charge in [0.05, 0.1) is 17.2 Å². The molecule has 3 rings (SSSR count). The van der Waals surface area contributed by atoms with Crippen LogP contribution in [0, 0.1) is 5.92 Å². The van der Waals surface area contributed by atoms with Gasteiger partial charge in [0, 0.05) is 25.1 Å². The largest absolute Gasteiger partial charge is 0.435 e. The molecule has 1 fully saturated rings. The van der Waals surface area contributed by atoms with E-state index in [0.717, 1.165) is 25.7 Å². The summed E-state index contributed by atoms with van der Waals surface area (Å²) in [5.41, 5.74) is 0.912. The molecule has 0 saturated heterocycles. The normalized spacial score (nSPS) is 21.6. The molecule has 0 radical (unpaired) electrons. The minimum absolute atomic E-state index is 0.